The minimum absolute atomic E-state index is 0.210. The van der Waals surface area contributed by atoms with E-state index in [0.29, 0.717) is 17.6 Å². The number of hydrogen-bond donors (Lipinski definition) is 0. The Hall–Kier alpha value is 0.370. The maximum atomic E-state index is 11.8. The SMILES string of the molecule is O=C1[C@@H]2CC=C[C@@H]2[C@@]1(Br)CCCBr. The molecular formula is C10H12Br2O. The fourth-order valence-corrected chi connectivity index (χ4v) is 3.71. The molecule has 0 N–H and O–H groups in total. The largest absolute Gasteiger partial charge is 0.298 e. The van der Waals surface area contributed by atoms with E-state index in [4.69, 9.17) is 0 Å². The molecule has 0 aliphatic heterocycles. The van der Waals surface area contributed by atoms with Crippen molar-refractivity contribution in [1.82, 2.24) is 0 Å². The van der Waals surface area contributed by atoms with Gasteiger partial charge in [0.25, 0.3) is 0 Å². The van der Waals surface area contributed by atoms with Crippen LogP contribution in [0.2, 0.25) is 0 Å². The van der Waals surface area contributed by atoms with Gasteiger partial charge >= 0.3 is 0 Å². The Labute approximate surface area is 95.2 Å². The van der Waals surface area contributed by atoms with Crippen LogP contribution < -0.4 is 0 Å². The Morgan fingerprint density at radius 3 is 3.08 bits per heavy atom. The fourth-order valence-electron chi connectivity index (χ4n) is 2.38. The van der Waals surface area contributed by atoms with Crippen LogP contribution in [-0.2, 0) is 4.79 Å². The smallest absolute Gasteiger partial charge is 0.154 e. The molecule has 2 aliphatic carbocycles. The summed E-state index contributed by atoms with van der Waals surface area (Å²) in [6.45, 7) is 0. The number of Topliss-reactive ketones (excluding diaryl/α,β-unsaturated/α-hetero) is 1. The molecule has 0 aromatic carbocycles. The van der Waals surface area contributed by atoms with Crippen molar-refractivity contribution >= 4 is 37.6 Å². The average molecular weight is 308 g/mol. The van der Waals surface area contributed by atoms with Gasteiger partial charge in [0.1, 0.15) is 0 Å². The number of alkyl halides is 2. The maximum absolute atomic E-state index is 11.8. The van der Waals surface area contributed by atoms with Gasteiger partial charge in [0.15, 0.2) is 5.78 Å². The highest BCUT2D eigenvalue weighted by atomic mass is 79.9. The predicted molar refractivity (Wildman–Crippen MR) is 60.4 cm³/mol. The van der Waals surface area contributed by atoms with Gasteiger partial charge in [-0.15, -0.1) is 0 Å². The molecule has 0 heterocycles. The molecule has 72 valence electrons. The number of carbonyl (C=O) groups excluding carboxylic acids is 1. The van der Waals surface area contributed by atoms with Crippen LogP contribution in [0.3, 0.4) is 0 Å². The van der Waals surface area contributed by atoms with Crippen LogP contribution in [0.25, 0.3) is 0 Å². The zero-order valence-corrected chi connectivity index (χ0v) is 10.5. The van der Waals surface area contributed by atoms with Crippen LogP contribution >= 0.6 is 31.9 Å². The molecule has 0 aromatic rings. The Bertz CT molecular complexity index is 262. The van der Waals surface area contributed by atoms with Gasteiger partial charge in [-0.25, -0.2) is 0 Å². The molecule has 1 nitrogen and oxygen atoms in total. The first-order chi connectivity index (χ1) is 6.20. The molecule has 0 bridgehead atoms. The van der Waals surface area contributed by atoms with Crippen LogP contribution in [0, 0.1) is 11.8 Å². The zero-order valence-electron chi connectivity index (χ0n) is 7.30. The first kappa shape index (κ1) is 9.91. The molecule has 0 unspecified atom stereocenters. The summed E-state index contributed by atoms with van der Waals surface area (Å²) in [5, 5.41) is 0.981. The van der Waals surface area contributed by atoms with Crippen LogP contribution in [-0.4, -0.2) is 15.4 Å². The van der Waals surface area contributed by atoms with Gasteiger partial charge in [0.05, 0.1) is 4.32 Å². The van der Waals surface area contributed by atoms with Gasteiger partial charge in [-0.1, -0.05) is 44.0 Å². The molecule has 0 saturated heterocycles. The van der Waals surface area contributed by atoms with Crippen molar-refractivity contribution in [2.75, 3.05) is 5.33 Å². The summed E-state index contributed by atoms with van der Waals surface area (Å²) in [6.07, 6.45) is 7.33. The third kappa shape index (κ3) is 1.35. The summed E-state index contributed by atoms with van der Waals surface area (Å²) in [5.74, 6) is 1.19. The molecule has 3 heteroatoms. The van der Waals surface area contributed by atoms with Crippen LogP contribution in [0.15, 0.2) is 12.2 Å². The molecular weight excluding hydrogens is 296 g/mol. The van der Waals surface area contributed by atoms with Crippen molar-refractivity contribution in [1.29, 1.82) is 0 Å². The number of fused-ring (bicyclic) bond motifs is 1. The number of ketones is 1. The van der Waals surface area contributed by atoms with E-state index in [-0.39, 0.29) is 4.32 Å². The number of carbonyl (C=O) groups is 1. The predicted octanol–water partition coefficient (Wildman–Crippen LogP) is 3.07. The third-order valence-electron chi connectivity index (χ3n) is 3.12. The highest BCUT2D eigenvalue weighted by Gasteiger charge is 2.59. The van der Waals surface area contributed by atoms with Crippen molar-refractivity contribution in [2.45, 2.75) is 23.6 Å². The highest BCUT2D eigenvalue weighted by Crippen LogP contribution is 2.54. The lowest BCUT2D eigenvalue weighted by Gasteiger charge is -2.46. The molecule has 1 fully saturated rings. The number of hydrogen-bond acceptors (Lipinski definition) is 1. The molecule has 2 rings (SSSR count). The van der Waals surface area contributed by atoms with Crippen LogP contribution in [0.1, 0.15) is 19.3 Å². The van der Waals surface area contributed by atoms with E-state index in [1.807, 2.05) is 0 Å². The van der Waals surface area contributed by atoms with Crippen LogP contribution in [0.5, 0.6) is 0 Å². The average Bonchev–Trinajstić information content (AvgIpc) is 2.59. The molecule has 2 aliphatic rings. The van der Waals surface area contributed by atoms with Crippen molar-refractivity contribution in [3.8, 4) is 0 Å². The summed E-state index contributed by atoms with van der Waals surface area (Å²) in [6, 6.07) is 0. The minimum atomic E-state index is -0.210. The van der Waals surface area contributed by atoms with Gasteiger partial charge in [0.2, 0.25) is 0 Å². The number of rotatable bonds is 3. The van der Waals surface area contributed by atoms with Crippen molar-refractivity contribution in [3.63, 3.8) is 0 Å². The van der Waals surface area contributed by atoms with E-state index >= 15 is 0 Å². The van der Waals surface area contributed by atoms with Crippen molar-refractivity contribution < 1.29 is 4.79 Å². The van der Waals surface area contributed by atoms with E-state index in [1.54, 1.807) is 0 Å². The maximum Gasteiger partial charge on any atom is 0.154 e. The van der Waals surface area contributed by atoms with E-state index in [0.717, 1.165) is 24.6 Å². The van der Waals surface area contributed by atoms with E-state index in [9.17, 15) is 4.79 Å². The lowest BCUT2D eigenvalue weighted by atomic mass is 9.63. The lowest BCUT2D eigenvalue weighted by Crippen LogP contribution is -2.57. The van der Waals surface area contributed by atoms with Crippen molar-refractivity contribution in [3.05, 3.63) is 12.2 Å². The molecule has 1 saturated carbocycles. The summed E-state index contributed by atoms with van der Waals surface area (Å²) in [5.41, 5.74) is 0. The molecule has 3 atom stereocenters. The topological polar surface area (TPSA) is 17.1 Å². The summed E-state index contributed by atoms with van der Waals surface area (Å²) < 4.78 is -0.210. The summed E-state index contributed by atoms with van der Waals surface area (Å²) in [7, 11) is 0. The van der Waals surface area contributed by atoms with Crippen molar-refractivity contribution in [2.24, 2.45) is 11.8 Å². The molecule has 13 heavy (non-hydrogen) atoms. The normalized spacial score (nSPS) is 41.8. The Morgan fingerprint density at radius 1 is 1.62 bits per heavy atom. The van der Waals surface area contributed by atoms with E-state index in [2.05, 4.69) is 44.0 Å². The first-order valence-electron chi connectivity index (χ1n) is 4.66. The first-order valence-corrected chi connectivity index (χ1v) is 6.57. The van der Waals surface area contributed by atoms with Gasteiger partial charge < -0.3 is 0 Å². The van der Waals surface area contributed by atoms with Gasteiger partial charge in [-0.3, -0.25) is 4.79 Å². The lowest BCUT2D eigenvalue weighted by molar-refractivity contribution is -0.136. The second-order valence-corrected chi connectivity index (χ2v) is 6.02. The Balaban J connectivity index is 2.06. The van der Waals surface area contributed by atoms with E-state index in [1.165, 1.54) is 0 Å². The molecule has 0 aromatic heterocycles. The fraction of sp³-hybridized carbons (Fsp3) is 0.700. The molecule has 0 radical (unpaired) electrons. The number of halogens is 2. The quantitative estimate of drug-likeness (QED) is 0.578. The molecule has 0 spiro atoms. The third-order valence-corrected chi connectivity index (χ3v) is 4.99. The number of allylic oxidation sites excluding steroid dienone is 2. The second kappa shape index (κ2) is 3.50. The monoisotopic (exact) mass is 306 g/mol. The van der Waals surface area contributed by atoms with Gasteiger partial charge in [0, 0.05) is 17.2 Å². The van der Waals surface area contributed by atoms with Gasteiger partial charge in [-0.2, -0.15) is 0 Å². The van der Waals surface area contributed by atoms with Crippen LogP contribution in [0.4, 0.5) is 0 Å². The minimum Gasteiger partial charge on any atom is -0.298 e. The summed E-state index contributed by atoms with van der Waals surface area (Å²) in [4.78, 5) is 11.8. The highest BCUT2D eigenvalue weighted by molar-refractivity contribution is 9.10. The Morgan fingerprint density at radius 2 is 2.38 bits per heavy atom. The second-order valence-electron chi connectivity index (χ2n) is 3.82. The molecule has 0 amide bonds. The van der Waals surface area contributed by atoms with Gasteiger partial charge in [-0.05, 0) is 19.3 Å². The standard InChI is InChI=1S/C10H12Br2O/c11-6-2-5-10(12)8-4-1-3-7(8)9(10)13/h1,4,7-8H,2-3,5-6H2/t7-,8+,10+/m1/s1. The zero-order chi connectivity index (χ0) is 9.47. The summed E-state index contributed by atoms with van der Waals surface area (Å²) >= 11 is 7.02. The Kier molecular flexibility index (Phi) is 2.67. The van der Waals surface area contributed by atoms with E-state index < -0.39 is 0 Å².